The maximum absolute atomic E-state index is 11.9. The van der Waals surface area contributed by atoms with Crippen LogP contribution in [0.15, 0.2) is 0 Å². The van der Waals surface area contributed by atoms with Gasteiger partial charge in [0.25, 0.3) is 0 Å². The molecule has 2 N–H and O–H groups in total. The molecule has 0 spiro atoms. The highest BCUT2D eigenvalue weighted by molar-refractivity contribution is 5.69. The van der Waals surface area contributed by atoms with Crippen LogP contribution in [-0.4, -0.2) is 66.3 Å². The minimum atomic E-state index is -0.617. The van der Waals surface area contributed by atoms with Gasteiger partial charge in [-0.15, -0.1) is 0 Å². The maximum Gasteiger partial charge on any atom is 0.305 e. The van der Waals surface area contributed by atoms with Gasteiger partial charge in [-0.05, 0) is 64.5 Å². The minimum absolute atomic E-state index is 0.0291. The smallest absolute Gasteiger partial charge is 0.305 e. The van der Waals surface area contributed by atoms with Crippen LogP contribution in [0.3, 0.4) is 0 Å². The summed E-state index contributed by atoms with van der Waals surface area (Å²) in [6.07, 6.45) is 30.6. The monoisotopic (exact) mass is 628 g/mol. The summed E-state index contributed by atoms with van der Waals surface area (Å²) < 4.78 is 11.3. The van der Waals surface area contributed by atoms with Gasteiger partial charge in [-0.25, -0.2) is 0 Å². The van der Waals surface area contributed by atoms with Crippen LogP contribution >= 0.6 is 0 Å². The Morgan fingerprint density at radius 2 is 1.07 bits per heavy atom. The van der Waals surface area contributed by atoms with Crippen LogP contribution in [0.25, 0.3) is 0 Å². The molecular formula is C38H77NO5. The lowest BCUT2D eigenvalue weighted by molar-refractivity contribution is -0.144. The lowest BCUT2D eigenvalue weighted by Crippen LogP contribution is -2.29. The van der Waals surface area contributed by atoms with Crippen LogP contribution in [0.4, 0.5) is 0 Å². The van der Waals surface area contributed by atoms with E-state index in [-0.39, 0.29) is 18.7 Å². The molecule has 0 aliphatic rings. The summed E-state index contributed by atoms with van der Waals surface area (Å²) in [5.74, 6) is -0.0291. The average molecular weight is 628 g/mol. The molecule has 0 rings (SSSR count). The molecule has 0 aromatic carbocycles. The molecular weight excluding hydrogens is 550 g/mol. The molecule has 0 heterocycles. The standard InChI is InChI=1S/C38H77NO5/c1-4-7-9-11-13-21-27-35-43-37(41)29-23-17-14-19-25-31-39(33-34-40)32-26-20-15-18-24-30-38(42)44-36(6-3)28-22-16-12-10-8-5-2/h36,38,40,42H,4-35H2,1-3H3. The molecule has 0 saturated carbocycles. The molecule has 6 heteroatoms. The molecule has 0 amide bonds. The first-order valence-corrected chi connectivity index (χ1v) is 19.4. The first kappa shape index (κ1) is 43.3. The van der Waals surface area contributed by atoms with Gasteiger partial charge in [-0.2, -0.15) is 0 Å². The third kappa shape index (κ3) is 31.3. The topological polar surface area (TPSA) is 79.2 Å². The van der Waals surface area contributed by atoms with E-state index in [1.165, 1.54) is 96.3 Å². The van der Waals surface area contributed by atoms with Crippen LogP contribution in [0.2, 0.25) is 0 Å². The largest absolute Gasteiger partial charge is 0.466 e. The van der Waals surface area contributed by atoms with Crippen LogP contribution in [-0.2, 0) is 14.3 Å². The van der Waals surface area contributed by atoms with Crippen molar-refractivity contribution >= 4 is 5.97 Å². The van der Waals surface area contributed by atoms with E-state index >= 15 is 0 Å². The third-order valence-corrected chi connectivity index (χ3v) is 8.89. The van der Waals surface area contributed by atoms with E-state index < -0.39 is 6.29 Å². The van der Waals surface area contributed by atoms with Crippen molar-refractivity contribution in [2.45, 2.75) is 207 Å². The zero-order valence-electron chi connectivity index (χ0n) is 29.8. The minimum Gasteiger partial charge on any atom is -0.466 e. The van der Waals surface area contributed by atoms with Crippen LogP contribution in [0.5, 0.6) is 0 Å². The Labute approximate surface area is 274 Å². The Balaban J connectivity index is 3.68. The molecule has 0 fully saturated rings. The van der Waals surface area contributed by atoms with Crippen molar-refractivity contribution in [3.05, 3.63) is 0 Å². The van der Waals surface area contributed by atoms with Crippen molar-refractivity contribution in [1.82, 2.24) is 4.90 Å². The highest BCUT2D eigenvalue weighted by Crippen LogP contribution is 2.17. The molecule has 2 unspecified atom stereocenters. The van der Waals surface area contributed by atoms with Crippen LogP contribution in [0, 0.1) is 0 Å². The van der Waals surface area contributed by atoms with E-state index in [9.17, 15) is 15.0 Å². The third-order valence-electron chi connectivity index (χ3n) is 8.89. The summed E-state index contributed by atoms with van der Waals surface area (Å²) in [4.78, 5) is 14.3. The number of aliphatic hydroxyl groups is 2. The first-order chi connectivity index (χ1) is 21.6. The summed E-state index contributed by atoms with van der Waals surface area (Å²) >= 11 is 0. The number of nitrogens with zero attached hydrogens (tertiary/aromatic N) is 1. The van der Waals surface area contributed by atoms with E-state index in [0.29, 0.717) is 13.0 Å². The number of carbonyl (C=O) groups is 1. The second-order valence-corrected chi connectivity index (χ2v) is 13.2. The van der Waals surface area contributed by atoms with Crippen LogP contribution < -0.4 is 0 Å². The van der Waals surface area contributed by atoms with Gasteiger partial charge in [0.15, 0.2) is 6.29 Å². The predicted octanol–water partition coefficient (Wildman–Crippen LogP) is 10.1. The molecule has 0 saturated heterocycles. The lowest BCUT2D eigenvalue weighted by Gasteiger charge is -2.21. The van der Waals surface area contributed by atoms with Crippen molar-refractivity contribution in [1.29, 1.82) is 0 Å². The van der Waals surface area contributed by atoms with Gasteiger partial charge < -0.3 is 24.6 Å². The molecule has 0 bridgehead atoms. The number of esters is 1. The normalized spacial score (nSPS) is 13.0. The number of aliphatic hydroxyl groups excluding tert-OH is 2. The Bertz CT molecular complexity index is 575. The van der Waals surface area contributed by atoms with Crippen molar-refractivity contribution in [2.75, 3.05) is 32.8 Å². The quantitative estimate of drug-likeness (QED) is 0.0409. The Kier molecular flexibility index (Phi) is 34.6. The average Bonchev–Trinajstić information content (AvgIpc) is 3.02. The fourth-order valence-electron chi connectivity index (χ4n) is 5.92. The summed E-state index contributed by atoms with van der Waals surface area (Å²) in [5.41, 5.74) is 0. The fraction of sp³-hybridized carbons (Fsp3) is 0.974. The highest BCUT2D eigenvalue weighted by Gasteiger charge is 2.13. The molecule has 264 valence electrons. The van der Waals surface area contributed by atoms with E-state index in [0.717, 1.165) is 90.3 Å². The SMILES string of the molecule is CCCCCCCCCOC(=O)CCCCCCCN(CCO)CCCCCCCC(O)OC(CC)CCCCCCCC. The number of ether oxygens (including phenoxy) is 2. The molecule has 0 aliphatic heterocycles. The number of hydrogen-bond donors (Lipinski definition) is 2. The van der Waals surface area contributed by atoms with E-state index in [1.807, 2.05) is 0 Å². The van der Waals surface area contributed by atoms with Crippen molar-refractivity contribution in [3.63, 3.8) is 0 Å². The fourth-order valence-corrected chi connectivity index (χ4v) is 5.92. The Hall–Kier alpha value is -0.690. The van der Waals surface area contributed by atoms with Gasteiger partial charge in [-0.1, -0.05) is 136 Å². The Morgan fingerprint density at radius 3 is 1.61 bits per heavy atom. The zero-order valence-corrected chi connectivity index (χ0v) is 29.8. The second kappa shape index (κ2) is 35.2. The molecule has 0 aromatic heterocycles. The van der Waals surface area contributed by atoms with Gasteiger partial charge in [0.05, 0.1) is 19.3 Å². The van der Waals surface area contributed by atoms with E-state index in [4.69, 9.17) is 9.47 Å². The van der Waals surface area contributed by atoms with Crippen molar-refractivity contribution < 1.29 is 24.5 Å². The first-order valence-electron chi connectivity index (χ1n) is 19.4. The van der Waals surface area contributed by atoms with Crippen molar-refractivity contribution in [3.8, 4) is 0 Å². The van der Waals surface area contributed by atoms with E-state index in [1.54, 1.807) is 0 Å². The van der Waals surface area contributed by atoms with Gasteiger partial charge in [0.2, 0.25) is 0 Å². The summed E-state index contributed by atoms with van der Waals surface area (Å²) in [5, 5.41) is 19.8. The lowest BCUT2D eigenvalue weighted by atomic mass is 10.1. The van der Waals surface area contributed by atoms with Gasteiger partial charge in [0.1, 0.15) is 0 Å². The Morgan fingerprint density at radius 1 is 0.591 bits per heavy atom. The maximum atomic E-state index is 11.9. The molecule has 2 atom stereocenters. The van der Waals surface area contributed by atoms with Gasteiger partial charge >= 0.3 is 5.97 Å². The molecule has 6 nitrogen and oxygen atoms in total. The number of unbranched alkanes of at least 4 members (excludes halogenated alkanes) is 19. The summed E-state index contributed by atoms with van der Waals surface area (Å²) in [6.45, 7) is 10.3. The molecule has 44 heavy (non-hydrogen) atoms. The van der Waals surface area contributed by atoms with Gasteiger partial charge in [-0.3, -0.25) is 4.79 Å². The summed E-state index contributed by atoms with van der Waals surface area (Å²) in [6, 6.07) is 0. The number of rotatable bonds is 36. The number of hydrogen-bond acceptors (Lipinski definition) is 6. The number of carbonyl (C=O) groups excluding carboxylic acids is 1. The zero-order chi connectivity index (χ0) is 32.4. The highest BCUT2D eigenvalue weighted by atomic mass is 16.6. The molecule has 0 aromatic rings. The molecule has 0 radical (unpaired) electrons. The predicted molar refractivity (Wildman–Crippen MR) is 187 cm³/mol. The van der Waals surface area contributed by atoms with Crippen molar-refractivity contribution in [2.24, 2.45) is 0 Å². The second-order valence-electron chi connectivity index (χ2n) is 13.2. The molecule has 0 aliphatic carbocycles. The van der Waals surface area contributed by atoms with Gasteiger partial charge in [0, 0.05) is 13.0 Å². The summed E-state index contributed by atoms with van der Waals surface area (Å²) in [7, 11) is 0. The van der Waals surface area contributed by atoms with Crippen LogP contribution in [0.1, 0.15) is 194 Å². The van der Waals surface area contributed by atoms with E-state index in [2.05, 4.69) is 25.7 Å².